The van der Waals surface area contributed by atoms with E-state index >= 15 is 0 Å². The van der Waals surface area contributed by atoms with Gasteiger partial charge < -0.3 is 14.6 Å². The number of carboxylic acid groups (broad SMARTS) is 1. The van der Waals surface area contributed by atoms with E-state index in [4.69, 9.17) is 14.6 Å². The van der Waals surface area contributed by atoms with E-state index in [2.05, 4.69) is 10.2 Å². The molecule has 1 aromatic carbocycles. The minimum absolute atomic E-state index is 0.181. The van der Waals surface area contributed by atoms with Crippen LogP contribution in [-0.2, 0) is 0 Å². The van der Waals surface area contributed by atoms with Crippen molar-refractivity contribution in [3.63, 3.8) is 0 Å². The molecule has 0 saturated carbocycles. The first-order valence-electron chi connectivity index (χ1n) is 5.62. The molecule has 0 bridgehead atoms. The zero-order valence-electron chi connectivity index (χ0n) is 10.8. The third kappa shape index (κ3) is 2.33. The van der Waals surface area contributed by atoms with Crippen LogP contribution in [0.4, 0.5) is 0 Å². The molecule has 0 aliphatic rings. The lowest BCUT2D eigenvalue weighted by Crippen LogP contribution is -2.20. The van der Waals surface area contributed by atoms with Crippen LogP contribution in [0.25, 0.3) is 11.1 Å². The summed E-state index contributed by atoms with van der Waals surface area (Å²) in [6, 6.07) is 4.85. The summed E-state index contributed by atoms with van der Waals surface area (Å²) < 4.78 is 10.3. The minimum Gasteiger partial charge on any atom is -0.497 e. The molecule has 1 heterocycles. The van der Waals surface area contributed by atoms with Crippen LogP contribution < -0.4 is 15.0 Å². The van der Waals surface area contributed by atoms with Crippen molar-refractivity contribution in [3.05, 3.63) is 40.3 Å². The number of hydrogen-bond acceptors (Lipinski definition) is 5. The number of ether oxygens (including phenoxy) is 2. The first kappa shape index (κ1) is 13.6. The highest BCUT2D eigenvalue weighted by atomic mass is 16.5. The van der Waals surface area contributed by atoms with E-state index in [-0.39, 0.29) is 11.1 Å². The molecule has 20 heavy (non-hydrogen) atoms. The number of aromatic amines is 1. The number of H-pyrrole nitrogens is 1. The molecule has 0 unspecified atom stereocenters. The Morgan fingerprint density at radius 1 is 1.25 bits per heavy atom. The molecule has 0 radical (unpaired) electrons. The molecule has 0 saturated heterocycles. The highest BCUT2D eigenvalue weighted by molar-refractivity contribution is 5.96. The Labute approximate surface area is 113 Å². The molecule has 0 aliphatic heterocycles. The quantitative estimate of drug-likeness (QED) is 0.868. The number of nitrogens with zero attached hydrogens (tertiary/aromatic N) is 1. The molecule has 2 rings (SSSR count). The average molecular weight is 276 g/mol. The summed E-state index contributed by atoms with van der Waals surface area (Å²) in [4.78, 5) is 22.8. The summed E-state index contributed by atoms with van der Waals surface area (Å²) in [6.45, 7) is 0. The predicted molar refractivity (Wildman–Crippen MR) is 70.4 cm³/mol. The fraction of sp³-hybridized carbons (Fsp3) is 0.154. The van der Waals surface area contributed by atoms with Gasteiger partial charge in [0.2, 0.25) is 0 Å². The van der Waals surface area contributed by atoms with Gasteiger partial charge in [-0.25, -0.2) is 9.89 Å². The standard InChI is InChI=1S/C13H12N2O5/c1-19-7-3-4-8(10(5-7)20-2)9-6-14-15-12(16)11(9)13(17)18/h3-6H,1-2H3,(H,15,16)(H,17,18). The number of benzene rings is 1. The van der Waals surface area contributed by atoms with Crippen molar-refractivity contribution in [2.45, 2.75) is 0 Å². The molecular formula is C13H12N2O5. The molecule has 7 heteroatoms. The summed E-state index contributed by atoms with van der Waals surface area (Å²) in [5.41, 5.74) is -0.526. The zero-order chi connectivity index (χ0) is 14.7. The topological polar surface area (TPSA) is 102 Å². The summed E-state index contributed by atoms with van der Waals surface area (Å²) in [5, 5.41) is 14.9. The number of rotatable bonds is 4. The van der Waals surface area contributed by atoms with Gasteiger partial charge in [-0.3, -0.25) is 4.79 Å². The molecule has 104 valence electrons. The number of carboxylic acids is 1. The van der Waals surface area contributed by atoms with Crippen molar-refractivity contribution in [3.8, 4) is 22.6 Å². The van der Waals surface area contributed by atoms with E-state index in [1.807, 2.05) is 0 Å². The highest BCUT2D eigenvalue weighted by Crippen LogP contribution is 2.33. The molecule has 0 amide bonds. The van der Waals surface area contributed by atoms with Gasteiger partial charge in [0.05, 0.1) is 20.4 Å². The van der Waals surface area contributed by atoms with Crippen molar-refractivity contribution in [1.29, 1.82) is 0 Å². The first-order valence-corrected chi connectivity index (χ1v) is 5.62. The summed E-state index contributed by atoms with van der Waals surface area (Å²) >= 11 is 0. The van der Waals surface area contributed by atoms with Crippen LogP contribution >= 0.6 is 0 Å². The second-order valence-electron chi connectivity index (χ2n) is 3.86. The monoisotopic (exact) mass is 276 g/mol. The summed E-state index contributed by atoms with van der Waals surface area (Å²) in [6.07, 6.45) is 1.27. The maximum atomic E-state index is 11.6. The molecule has 0 atom stereocenters. The molecular weight excluding hydrogens is 264 g/mol. The number of nitrogens with one attached hydrogen (secondary N) is 1. The van der Waals surface area contributed by atoms with E-state index < -0.39 is 11.5 Å². The average Bonchev–Trinajstić information content (AvgIpc) is 2.45. The number of aromatic nitrogens is 2. The SMILES string of the molecule is COc1ccc(-c2cn[nH]c(=O)c2C(=O)O)c(OC)c1. The van der Waals surface area contributed by atoms with Crippen LogP contribution in [0.3, 0.4) is 0 Å². The molecule has 0 fully saturated rings. The van der Waals surface area contributed by atoms with Crippen LogP contribution in [0.2, 0.25) is 0 Å². The van der Waals surface area contributed by atoms with Crippen LogP contribution in [0.15, 0.2) is 29.2 Å². The maximum Gasteiger partial charge on any atom is 0.342 e. The first-order chi connectivity index (χ1) is 9.58. The number of hydrogen-bond donors (Lipinski definition) is 2. The van der Waals surface area contributed by atoms with Gasteiger partial charge in [0.1, 0.15) is 17.1 Å². The largest absolute Gasteiger partial charge is 0.497 e. The summed E-state index contributed by atoms with van der Waals surface area (Å²) in [5.74, 6) is -0.388. The van der Waals surface area contributed by atoms with Gasteiger partial charge in [-0.1, -0.05) is 0 Å². The fourth-order valence-corrected chi connectivity index (χ4v) is 1.84. The molecule has 2 N–H and O–H groups in total. The minimum atomic E-state index is -1.33. The Bertz CT molecular complexity index is 708. The van der Waals surface area contributed by atoms with Gasteiger partial charge in [-0.2, -0.15) is 5.10 Å². The van der Waals surface area contributed by atoms with E-state index in [0.717, 1.165) is 0 Å². The van der Waals surface area contributed by atoms with Gasteiger partial charge in [0.15, 0.2) is 0 Å². The Morgan fingerprint density at radius 3 is 2.60 bits per heavy atom. The molecule has 1 aromatic heterocycles. The Kier molecular flexibility index (Phi) is 3.69. The van der Waals surface area contributed by atoms with Crippen LogP contribution in [0.5, 0.6) is 11.5 Å². The lowest BCUT2D eigenvalue weighted by molar-refractivity contribution is 0.0695. The van der Waals surface area contributed by atoms with Crippen LogP contribution in [0, 0.1) is 0 Å². The number of aromatic carboxylic acids is 1. The second kappa shape index (κ2) is 5.43. The molecule has 0 aliphatic carbocycles. The second-order valence-corrected chi connectivity index (χ2v) is 3.86. The Hall–Kier alpha value is -2.83. The van der Waals surface area contributed by atoms with Crippen molar-refractivity contribution in [1.82, 2.24) is 10.2 Å². The maximum absolute atomic E-state index is 11.6. The van der Waals surface area contributed by atoms with Crippen molar-refractivity contribution < 1.29 is 19.4 Å². The predicted octanol–water partition coefficient (Wildman–Crippen LogP) is 1.15. The number of carbonyl (C=O) groups is 1. The van der Waals surface area contributed by atoms with Gasteiger partial charge in [-0.05, 0) is 12.1 Å². The lowest BCUT2D eigenvalue weighted by atomic mass is 10.0. The third-order valence-electron chi connectivity index (χ3n) is 2.77. The number of methoxy groups -OCH3 is 2. The normalized spacial score (nSPS) is 10.1. The van der Waals surface area contributed by atoms with Crippen molar-refractivity contribution in [2.75, 3.05) is 14.2 Å². The smallest absolute Gasteiger partial charge is 0.342 e. The fourth-order valence-electron chi connectivity index (χ4n) is 1.84. The Morgan fingerprint density at radius 2 is 2.00 bits per heavy atom. The molecule has 7 nitrogen and oxygen atoms in total. The van der Waals surface area contributed by atoms with E-state index in [1.54, 1.807) is 18.2 Å². The summed E-state index contributed by atoms with van der Waals surface area (Å²) in [7, 11) is 2.95. The molecule has 2 aromatic rings. The molecule has 0 spiro atoms. The van der Waals surface area contributed by atoms with Crippen LogP contribution in [-0.4, -0.2) is 35.5 Å². The highest BCUT2D eigenvalue weighted by Gasteiger charge is 2.19. The van der Waals surface area contributed by atoms with Gasteiger partial charge in [0.25, 0.3) is 5.56 Å². The van der Waals surface area contributed by atoms with E-state index in [9.17, 15) is 9.59 Å². The van der Waals surface area contributed by atoms with Crippen molar-refractivity contribution in [2.24, 2.45) is 0 Å². The van der Waals surface area contributed by atoms with Gasteiger partial charge in [0, 0.05) is 17.2 Å². The van der Waals surface area contributed by atoms with Crippen LogP contribution in [0.1, 0.15) is 10.4 Å². The van der Waals surface area contributed by atoms with E-state index in [0.29, 0.717) is 17.1 Å². The van der Waals surface area contributed by atoms with E-state index in [1.165, 1.54) is 20.4 Å². The van der Waals surface area contributed by atoms with Gasteiger partial charge >= 0.3 is 5.97 Å². The van der Waals surface area contributed by atoms with Crippen molar-refractivity contribution >= 4 is 5.97 Å². The lowest BCUT2D eigenvalue weighted by Gasteiger charge is -2.11. The zero-order valence-corrected chi connectivity index (χ0v) is 10.8. The van der Waals surface area contributed by atoms with Gasteiger partial charge in [-0.15, -0.1) is 0 Å². The third-order valence-corrected chi connectivity index (χ3v) is 2.77. The Balaban J connectivity index is 2.72.